The van der Waals surface area contributed by atoms with Gasteiger partial charge in [-0.3, -0.25) is 10.2 Å². The number of hydrogen-bond acceptors (Lipinski definition) is 3. The Kier molecular flexibility index (Phi) is 4.95. The molecule has 0 aromatic heterocycles. The van der Waals surface area contributed by atoms with Gasteiger partial charge in [0, 0.05) is 0 Å². The number of aryl methyl sites for hydroxylation is 2. The number of hydrazine groups is 1. The number of nitrogens with two attached hydrogens (primary N) is 1. The van der Waals surface area contributed by atoms with Crippen LogP contribution in [0, 0.1) is 13.8 Å². The predicted octanol–water partition coefficient (Wildman–Crippen LogP) is 2.46. The molecule has 21 heavy (non-hydrogen) atoms. The van der Waals surface area contributed by atoms with Crippen molar-refractivity contribution in [1.29, 1.82) is 0 Å². The molecule has 110 valence electrons. The molecule has 0 aliphatic heterocycles. The van der Waals surface area contributed by atoms with E-state index >= 15 is 0 Å². The molecule has 0 saturated carbocycles. The lowest BCUT2D eigenvalue weighted by Crippen LogP contribution is -2.37. The van der Waals surface area contributed by atoms with Crippen LogP contribution in [0.3, 0.4) is 0 Å². The molecule has 1 amide bonds. The lowest BCUT2D eigenvalue weighted by molar-refractivity contribution is -0.123. The molecule has 2 rings (SSSR count). The van der Waals surface area contributed by atoms with Crippen LogP contribution in [-0.2, 0) is 4.79 Å². The maximum atomic E-state index is 12.0. The normalized spacial score (nSPS) is 11.8. The van der Waals surface area contributed by atoms with Gasteiger partial charge in [0.05, 0.1) is 5.92 Å². The van der Waals surface area contributed by atoms with E-state index in [1.165, 1.54) is 0 Å². The van der Waals surface area contributed by atoms with E-state index in [2.05, 4.69) is 5.43 Å². The average Bonchev–Trinajstić information content (AvgIpc) is 2.51. The molecule has 0 heterocycles. The fraction of sp³-hybridized carbons (Fsp3) is 0.235. The molecule has 0 saturated heterocycles. The zero-order chi connectivity index (χ0) is 15.2. The number of ether oxygens (including phenoxy) is 1. The Morgan fingerprint density at radius 2 is 1.90 bits per heavy atom. The number of nitrogens with one attached hydrogen (secondary N) is 1. The molecule has 2 aromatic rings. The third-order valence-electron chi connectivity index (χ3n) is 3.41. The summed E-state index contributed by atoms with van der Waals surface area (Å²) in [5.41, 5.74) is 5.25. The minimum atomic E-state index is -0.434. The van der Waals surface area contributed by atoms with Crippen molar-refractivity contribution >= 4 is 5.91 Å². The van der Waals surface area contributed by atoms with Gasteiger partial charge in [-0.25, -0.2) is 5.84 Å². The van der Waals surface area contributed by atoms with Crippen LogP contribution in [0.1, 0.15) is 22.6 Å². The molecule has 2 aromatic carbocycles. The quantitative estimate of drug-likeness (QED) is 0.503. The van der Waals surface area contributed by atoms with Crippen molar-refractivity contribution in [3.05, 3.63) is 65.2 Å². The van der Waals surface area contributed by atoms with E-state index in [-0.39, 0.29) is 12.5 Å². The Balaban J connectivity index is 2.16. The van der Waals surface area contributed by atoms with Crippen molar-refractivity contribution in [2.45, 2.75) is 19.8 Å². The minimum absolute atomic E-state index is 0.247. The molecule has 0 bridgehead atoms. The van der Waals surface area contributed by atoms with E-state index in [1.807, 2.05) is 62.4 Å². The van der Waals surface area contributed by atoms with Gasteiger partial charge in [-0.05, 0) is 36.6 Å². The average molecular weight is 284 g/mol. The zero-order valence-corrected chi connectivity index (χ0v) is 12.3. The zero-order valence-electron chi connectivity index (χ0n) is 12.3. The van der Waals surface area contributed by atoms with Crippen molar-refractivity contribution in [3.63, 3.8) is 0 Å². The fourth-order valence-corrected chi connectivity index (χ4v) is 2.15. The van der Waals surface area contributed by atoms with Gasteiger partial charge in [0.25, 0.3) is 0 Å². The summed E-state index contributed by atoms with van der Waals surface area (Å²) in [6.07, 6.45) is 0. The summed E-state index contributed by atoms with van der Waals surface area (Å²) in [5.74, 6) is 5.38. The van der Waals surface area contributed by atoms with Gasteiger partial charge in [-0.15, -0.1) is 0 Å². The van der Waals surface area contributed by atoms with E-state index in [9.17, 15) is 4.79 Å². The maximum absolute atomic E-state index is 12.0. The number of benzene rings is 2. The second-order valence-electron chi connectivity index (χ2n) is 5.05. The monoisotopic (exact) mass is 284 g/mol. The molecular formula is C17H20N2O2. The predicted molar refractivity (Wildman–Crippen MR) is 82.9 cm³/mol. The largest absolute Gasteiger partial charge is 0.492 e. The van der Waals surface area contributed by atoms with Crippen LogP contribution in [-0.4, -0.2) is 12.5 Å². The molecule has 0 radical (unpaired) electrons. The highest BCUT2D eigenvalue weighted by molar-refractivity contribution is 5.83. The summed E-state index contributed by atoms with van der Waals surface area (Å²) in [6.45, 7) is 4.24. The van der Waals surface area contributed by atoms with Crippen molar-refractivity contribution < 1.29 is 9.53 Å². The smallest absolute Gasteiger partial charge is 0.244 e. The van der Waals surface area contributed by atoms with Crippen LogP contribution in [0.4, 0.5) is 0 Å². The summed E-state index contributed by atoms with van der Waals surface area (Å²) in [4.78, 5) is 12.0. The third kappa shape index (κ3) is 3.83. The number of hydrogen-bond donors (Lipinski definition) is 2. The SMILES string of the molecule is Cc1ccc(C)c(OCC(C(=O)NN)c2ccccc2)c1. The second kappa shape index (κ2) is 6.90. The van der Waals surface area contributed by atoms with Gasteiger partial charge < -0.3 is 4.74 Å². The van der Waals surface area contributed by atoms with Crippen LogP contribution >= 0.6 is 0 Å². The van der Waals surface area contributed by atoms with Gasteiger partial charge >= 0.3 is 0 Å². The Bertz CT molecular complexity index is 611. The molecular weight excluding hydrogens is 264 g/mol. The Morgan fingerprint density at radius 1 is 1.19 bits per heavy atom. The lowest BCUT2D eigenvalue weighted by Gasteiger charge is -2.18. The molecule has 0 aliphatic rings. The van der Waals surface area contributed by atoms with Gasteiger partial charge in [-0.2, -0.15) is 0 Å². The Hall–Kier alpha value is -2.33. The van der Waals surface area contributed by atoms with Crippen molar-refractivity contribution in [1.82, 2.24) is 5.43 Å². The molecule has 0 aliphatic carbocycles. The third-order valence-corrected chi connectivity index (χ3v) is 3.41. The van der Waals surface area contributed by atoms with Crippen molar-refractivity contribution in [3.8, 4) is 5.75 Å². The highest BCUT2D eigenvalue weighted by Crippen LogP contribution is 2.22. The van der Waals surface area contributed by atoms with Crippen LogP contribution in [0.2, 0.25) is 0 Å². The maximum Gasteiger partial charge on any atom is 0.244 e. The minimum Gasteiger partial charge on any atom is -0.492 e. The molecule has 4 heteroatoms. The van der Waals surface area contributed by atoms with Crippen LogP contribution in [0.5, 0.6) is 5.75 Å². The summed E-state index contributed by atoms with van der Waals surface area (Å²) in [5, 5.41) is 0. The van der Waals surface area contributed by atoms with Gasteiger partial charge in [0.15, 0.2) is 0 Å². The van der Waals surface area contributed by atoms with E-state index in [0.29, 0.717) is 0 Å². The van der Waals surface area contributed by atoms with Crippen LogP contribution in [0.25, 0.3) is 0 Å². The first-order valence-corrected chi connectivity index (χ1v) is 6.87. The van der Waals surface area contributed by atoms with E-state index in [1.54, 1.807) is 0 Å². The lowest BCUT2D eigenvalue weighted by atomic mass is 9.99. The first kappa shape index (κ1) is 15.1. The van der Waals surface area contributed by atoms with E-state index in [4.69, 9.17) is 10.6 Å². The van der Waals surface area contributed by atoms with Crippen molar-refractivity contribution in [2.75, 3.05) is 6.61 Å². The molecule has 1 atom stereocenters. The topological polar surface area (TPSA) is 64.3 Å². The highest BCUT2D eigenvalue weighted by Gasteiger charge is 2.20. The van der Waals surface area contributed by atoms with E-state index in [0.717, 1.165) is 22.4 Å². The Morgan fingerprint density at radius 3 is 2.57 bits per heavy atom. The standard InChI is InChI=1S/C17H20N2O2/c1-12-8-9-13(2)16(10-12)21-11-15(17(20)19-18)14-6-4-3-5-7-14/h3-10,15H,11,18H2,1-2H3,(H,19,20). The second-order valence-corrected chi connectivity index (χ2v) is 5.05. The molecule has 4 nitrogen and oxygen atoms in total. The molecule has 0 fully saturated rings. The number of carbonyl (C=O) groups excluding carboxylic acids is 1. The first-order valence-electron chi connectivity index (χ1n) is 6.87. The summed E-state index contributed by atoms with van der Waals surface area (Å²) < 4.78 is 5.84. The van der Waals surface area contributed by atoms with Gasteiger partial charge in [0.2, 0.25) is 5.91 Å². The van der Waals surface area contributed by atoms with Gasteiger partial charge in [0.1, 0.15) is 12.4 Å². The fourth-order valence-electron chi connectivity index (χ4n) is 2.15. The van der Waals surface area contributed by atoms with E-state index < -0.39 is 5.92 Å². The number of amides is 1. The molecule has 0 spiro atoms. The number of rotatable bonds is 5. The Labute approximate surface area is 124 Å². The molecule has 3 N–H and O–H groups in total. The van der Waals surface area contributed by atoms with Crippen molar-refractivity contribution in [2.24, 2.45) is 5.84 Å². The van der Waals surface area contributed by atoms with Gasteiger partial charge in [-0.1, -0.05) is 42.5 Å². The van der Waals surface area contributed by atoms with Crippen LogP contribution in [0.15, 0.2) is 48.5 Å². The molecule has 1 unspecified atom stereocenters. The highest BCUT2D eigenvalue weighted by atomic mass is 16.5. The van der Waals surface area contributed by atoms with Crippen LogP contribution < -0.4 is 16.0 Å². The summed E-state index contributed by atoms with van der Waals surface area (Å²) in [7, 11) is 0. The number of carbonyl (C=O) groups is 1. The summed E-state index contributed by atoms with van der Waals surface area (Å²) >= 11 is 0. The summed E-state index contributed by atoms with van der Waals surface area (Å²) in [6, 6.07) is 15.5. The first-order chi connectivity index (χ1) is 10.1.